The van der Waals surface area contributed by atoms with Gasteiger partial charge in [0.2, 0.25) is 0 Å². The molecule has 1 aromatic rings. The zero-order valence-corrected chi connectivity index (χ0v) is 14.7. The molecule has 1 N–H and O–H groups in total. The predicted octanol–water partition coefficient (Wildman–Crippen LogP) is 2.32. The quantitative estimate of drug-likeness (QED) is 0.856. The number of halogens is 3. The summed E-state index contributed by atoms with van der Waals surface area (Å²) in [6, 6.07) is 4.12. The minimum absolute atomic E-state index is 0.00651. The monoisotopic (exact) mass is 379 g/mol. The van der Waals surface area contributed by atoms with Crippen LogP contribution in [-0.4, -0.2) is 55.5 Å². The van der Waals surface area contributed by atoms with Gasteiger partial charge in [0.15, 0.2) is 15.4 Å². The van der Waals surface area contributed by atoms with Crippen LogP contribution < -0.4 is 0 Å². The van der Waals surface area contributed by atoms with E-state index >= 15 is 0 Å². The van der Waals surface area contributed by atoms with Crippen LogP contribution in [-0.2, 0) is 9.84 Å². The topological polar surface area (TPSA) is 74.7 Å². The molecular formula is C16H20F3NO4S. The summed E-state index contributed by atoms with van der Waals surface area (Å²) >= 11 is 0. The number of hydrogen-bond donors (Lipinski definition) is 1. The molecule has 25 heavy (non-hydrogen) atoms. The van der Waals surface area contributed by atoms with Gasteiger partial charge < -0.3 is 10.0 Å². The maximum Gasteiger partial charge on any atom is 0.417 e. The lowest BCUT2D eigenvalue weighted by atomic mass is 9.94. The lowest BCUT2D eigenvalue weighted by Gasteiger charge is -2.29. The molecule has 1 unspecified atom stereocenters. The number of hydrogen-bond acceptors (Lipinski definition) is 4. The van der Waals surface area contributed by atoms with E-state index in [4.69, 9.17) is 0 Å². The van der Waals surface area contributed by atoms with Gasteiger partial charge in [-0.3, -0.25) is 4.79 Å². The van der Waals surface area contributed by atoms with Gasteiger partial charge in [0.05, 0.1) is 4.90 Å². The Hall–Kier alpha value is -1.61. The number of amides is 1. The second kappa shape index (κ2) is 6.60. The summed E-state index contributed by atoms with van der Waals surface area (Å²) in [5, 5.41) is 9.82. The van der Waals surface area contributed by atoms with Crippen molar-refractivity contribution < 1.29 is 31.5 Å². The van der Waals surface area contributed by atoms with E-state index in [1.54, 1.807) is 6.92 Å². The molecule has 1 saturated heterocycles. The highest BCUT2D eigenvalue weighted by atomic mass is 32.2. The Morgan fingerprint density at radius 2 is 1.88 bits per heavy atom. The Morgan fingerprint density at radius 1 is 1.24 bits per heavy atom. The van der Waals surface area contributed by atoms with Crippen molar-refractivity contribution in [2.24, 2.45) is 0 Å². The molecule has 1 atom stereocenters. The van der Waals surface area contributed by atoms with Crippen molar-refractivity contribution >= 4 is 15.7 Å². The number of likely N-dealkylation sites (tertiary alicyclic amines) is 1. The van der Waals surface area contributed by atoms with Gasteiger partial charge in [-0.25, -0.2) is 8.42 Å². The molecule has 0 aliphatic carbocycles. The van der Waals surface area contributed by atoms with Crippen LogP contribution in [0.25, 0.3) is 0 Å². The number of aryl methyl sites for hydroxylation is 1. The van der Waals surface area contributed by atoms with Gasteiger partial charge in [-0.15, -0.1) is 0 Å². The van der Waals surface area contributed by atoms with Crippen LogP contribution in [0.4, 0.5) is 13.2 Å². The van der Waals surface area contributed by atoms with Crippen molar-refractivity contribution in [2.45, 2.75) is 42.9 Å². The van der Waals surface area contributed by atoms with E-state index < -0.39 is 40.4 Å². The molecule has 140 valence electrons. The highest BCUT2D eigenvalue weighted by Crippen LogP contribution is 2.38. The second-order valence-corrected chi connectivity index (χ2v) is 8.44. The van der Waals surface area contributed by atoms with Crippen molar-refractivity contribution in [3.05, 3.63) is 29.3 Å². The van der Waals surface area contributed by atoms with Gasteiger partial charge in [0, 0.05) is 31.3 Å². The molecule has 0 aromatic heterocycles. The number of nitrogens with zero attached hydrogens (tertiary/aromatic N) is 1. The number of carbonyl (C=O) groups excluding carboxylic acids is 1. The first-order valence-electron chi connectivity index (χ1n) is 7.74. The number of carbonyl (C=O) groups is 1. The second-order valence-electron chi connectivity index (χ2n) is 6.42. The Labute approximate surface area is 144 Å². The van der Waals surface area contributed by atoms with Crippen molar-refractivity contribution in [1.29, 1.82) is 0 Å². The highest BCUT2D eigenvalue weighted by molar-refractivity contribution is 7.90. The molecule has 1 fully saturated rings. The number of rotatable bonds is 2. The zero-order chi connectivity index (χ0) is 19.0. The van der Waals surface area contributed by atoms with E-state index in [-0.39, 0.29) is 30.0 Å². The summed E-state index contributed by atoms with van der Waals surface area (Å²) in [5.41, 5.74) is -2.13. The number of aliphatic hydroxyl groups is 1. The molecule has 1 aliphatic heterocycles. The molecule has 1 amide bonds. The van der Waals surface area contributed by atoms with Gasteiger partial charge in [-0.1, -0.05) is 6.07 Å². The van der Waals surface area contributed by atoms with Crippen molar-refractivity contribution in [2.75, 3.05) is 19.3 Å². The molecule has 0 bridgehead atoms. The van der Waals surface area contributed by atoms with E-state index in [1.165, 1.54) is 23.1 Å². The van der Waals surface area contributed by atoms with Crippen LogP contribution in [0, 0.1) is 6.92 Å². The van der Waals surface area contributed by atoms with Crippen LogP contribution >= 0.6 is 0 Å². The summed E-state index contributed by atoms with van der Waals surface area (Å²) in [6.07, 6.45) is -4.80. The van der Waals surface area contributed by atoms with E-state index in [9.17, 15) is 31.5 Å². The van der Waals surface area contributed by atoms with Crippen LogP contribution in [0.15, 0.2) is 23.1 Å². The van der Waals surface area contributed by atoms with E-state index in [0.717, 1.165) is 6.26 Å². The first-order valence-corrected chi connectivity index (χ1v) is 9.63. The summed E-state index contributed by atoms with van der Waals surface area (Å²) in [7, 11) is -3.51. The average Bonchev–Trinajstić information content (AvgIpc) is 2.68. The first kappa shape index (κ1) is 19.7. The molecule has 1 aliphatic rings. The smallest absolute Gasteiger partial charge is 0.380 e. The number of benzene rings is 1. The first-order chi connectivity index (χ1) is 11.3. The summed E-state index contributed by atoms with van der Waals surface area (Å²) < 4.78 is 62.3. The predicted molar refractivity (Wildman–Crippen MR) is 85.0 cm³/mol. The molecule has 0 spiro atoms. The van der Waals surface area contributed by atoms with Crippen molar-refractivity contribution in [3.63, 3.8) is 0 Å². The molecule has 0 saturated carbocycles. The summed E-state index contributed by atoms with van der Waals surface area (Å²) in [5.74, 6) is -0.533. The minimum Gasteiger partial charge on any atom is -0.380 e. The van der Waals surface area contributed by atoms with Crippen LogP contribution in [0.5, 0.6) is 0 Å². The number of alkyl halides is 3. The van der Waals surface area contributed by atoms with E-state index in [1.807, 2.05) is 0 Å². The molecule has 2 rings (SSSR count). The van der Waals surface area contributed by atoms with E-state index in [0.29, 0.717) is 5.56 Å². The average molecular weight is 379 g/mol. The summed E-state index contributed by atoms with van der Waals surface area (Å²) in [6.45, 7) is 1.44. The fourth-order valence-corrected chi connectivity index (χ4v) is 3.49. The zero-order valence-electron chi connectivity index (χ0n) is 13.9. The maximum absolute atomic E-state index is 13.0. The van der Waals surface area contributed by atoms with Crippen LogP contribution in [0.2, 0.25) is 0 Å². The van der Waals surface area contributed by atoms with Gasteiger partial charge in [0.25, 0.3) is 5.91 Å². The standard InChI is InChI=1S/C16H20F3NO4S/c1-11-4-5-12(25(2,23)24)10-13(11)14(21)20-8-3-6-15(22,7-9-20)16(17,18)19/h4-5,10,22H,3,6-9H2,1-2H3. The lowest BCUT2D eigenvalue weighted by Crippen LogP contribution is -2.46. The third-order valence-electron chi connectivity index (χ3n) is 4.50. The Bertz CT molecular complexity index is 776. The van der Waals surface area contributed by atoms with Crippen molar-refractivity contribution in [3.8, 4) is 0 Å². The third kappa shape index (κ3) is 4.14. The largest absolute Gasteiger partial charge is 0.417 e. The molecule has 9 heteroatoms. The minimum atomic E-state index is -4.75. The molecule has 1 aromatic carbocycles. The third-order valence-corrected chi connectivity index (χ3v) is 5.61. The van der Waals surface area contributed by atoms with Crippen molar-refractivity contribution in [1.82, 2.24) is 4.90 Å². The molecule has 5 nitrogen and oxygen atoms in total. The van der Waals surface area contributed by atoms with Gasteiger partial charge >= 0.3 is 6.18 Å². The Morgan fingerprint density at radius 3 is 2.44 bits per heavy atom. The maximum atomic E-state index is 13.0. The van der Waals surface area contributed by atoms with E-state index in [2.05, 4.69) is 0 Å². The highest BCUT2D eigenvalue weighted by Gasteiger charge is 2.53. The van der Waals surface area contributed by atoms with Gasteiger partial charge in [-0.2, -0.15) is 13.2 Å². The SMILES string of the molecule is Cc1ccc(S(C)(=O)=O)cc1C(=O)N1CCCC(O)(C(F)(F)F)CC1. The lowest BCUT2D eigenvalue weighted by molar-refractivity contribution is -0.263. The summed E-state index contributed by atoms with van der Waals surface area (Å²) in [4.78, 5) is 13.9. The Balaban J connectivity index is 2.27. The normalized spacial score (nSPS) is 22.6. The van der Waals surface area contributed by atoms with Gasteiger partial charge in [-0.05, 0) is 37.5 Å². The van der Waals surface area contributed by atoms with Crippen LogP contribution in [0.3, 0.4) is 0 Å². The van der Waals surface area contributed by atoms with Gasteiger partial charge in [0.1, 0.15) is 0 Å². The Kier molecular flexibility index (Phi) is 5.21. The number of sulfone groups is 1. The van der Waals surface area contributed by atoms with Crippen LogP contribution in [0.1, 0.15) is 35.2 Å². The molecule has 1 heterocycles. The molecule has 0 radical (unpaired) electrons. The fourth-order valence-electron chi connectivity index (χ4n) is 2.84. The fraction of sp³-hybridized carbons (Fsp3) is 0.562. The molecular weight excluding hydrogens is 359 g/mol.